The molecule has 1 aliphatic heterocycles. The second-order valence-electron chi connectivity index (χ2n) is 19.3. The van der Waals surface area contributed by atoms with Crippen LogP contribution in [0.4, 0.5) is 0 Å². The number of azide groups is 1. The van der Waals surface area contributed by atoms with Gasteiger partial charge in [-0.15, -0.1) is 0 Å². The number of rotatable bonds is 31. The molecule has 3 fully saturated rings. The summed E-state index contributed by atoms with van der Waals surface area (Å²) >= 11 is 0. The SMILES string of the molecule is CC[C@H](C)[C@@H]([C@@H](CC(=O)N1CCC[C@H]1[C@H](OC)[C@@H](C)C(=O)C[C@@H](Cc1ccccc1)C(=O)O)OC)N(C)C(=O)[C@@H](CC(=O)[C@H]1C(C(=O)CCOCCOCCN=[N+]=[N-])[C@@H]2CC[C@H]1C2)C(C)C. The number of carboxylic acids is 1. The molecule has 2 aliphatic carbocycles. The van der Waals surface area contributed by atoms with Gasteiger partial charge in [-0.05, 0) is 73.3 Å². The fraction of sp³-hybridized carbons (Fsp3) is 0.760. The van der Waals surface area contributed by atoms with Crippen LogP contribution in [0.25, 0.3) is 10.4 Å². The number of benzene rings is 1. The van der Waals surface area contributed by atoms with Crippen LogP contribution >= 0.6 is 0 Å². The maximum absolute atomic E-state index is 14.7. The van der Waals surface area contributed by atoms with E-state index in [0.717, 1.165) is 24.8 Å². The van der Waals surface area contributed by atoms with Crippen molar-refractivity contribution in [1.82, 2.24) is 9.80 Å². The number of aliphatic carboxylic acids is 1. The molecule has 1 N–H and O–H groups in total. The minimum atomic E-state index is -1.04. The average Bonchev–Trinajstić information content (AvgIpc) is 4.08. The number of methoxy groups -OCH3 is 2. The van der Waals surface area contributed by atoms with Crippen molar-refractivity contribution < 1.29 is 52.8 Å². The van der Waals surface area contributed by atoms with Crippen LogP contribution in [0.2, 0.25) is 0 Å². The molecule has 66 heavy (non-hydrogen) atoms. The summed E-state index contributed by atoms with van der Waals surface area (Å²) in [5.74, 6) is -4.66. The van der Waals surface area contributed by atoms with Gasteiger partial charge in [-0.25, -0.2) is 0 Å². The summed E-state index contributed by atoms with van der Waals surface area (Å²) in [6.07, 6.45) is 3.60. The Morgan fingerprint density at radius 1 is 0.879 bits per heavy atom. The number of carbonyl (C=O) groups is 6. The van der Waals surface area contributed by atoms with Gasteiger partial charge in [0, 0.05) is 82.2 Å². The van der Waals surface area contributed by atoms with E-state index in [4.69, 9.17) is 24.5 Å². The lowest BCUT2D eigenvalue weighted by Crippen LogP contribution is -2.54. The van der Waals surface area contributed by atoms with Crippen molar-refractivity contribution in [1.29, 1.82) is 0 Å². The predicted molar refractivity (Wildman–Crippen MR) is 248 cm³/mol. The molecular formula is C50H77N5O11. The Labute approximate surface area is 391 Å². The number of hydrogen-bond acceptors (Lipinski definition) is 11. The highest BCUT2D eigenvalue weighted by molar-refractivity contribution is 5.94. The summed E-state index contributed by atoms with van der Waals surface area (Å²) in [6.45, 7) is 11.5. The van der Waals surface area contributed by atoms with Crippen LogP contribution in [0, 0.1) is 53.3 Å². The average molecular weight is 924 g/mol. The first-order chi connectivity index (χ1) is 31.6. The standard InChI is InChI=1S/C50H77N5O11/c1-9-32(4)47(43(63-7)30-44(59)55-21-13-16-39(55)48(64-8)33(5)41(57)28-37(50(61)62)26-34-14-11-10-12-15-34)54(6)49(60)38(31(2)3)29-42(58)46-36-18-17-35(27-36)45(46)40(56)19-22-65-24-25-66-23-20-52-53-51/h10-12,14-15,31-33,35-39,43,45-48H,9,13,16-30H2,1-8H3,(H,61,62)/t32-,33-,35+,36-,37+,38-,39-,43+,45?,46-,47-,48+/m0/s1. The van der Waals surface area contributed by atoms with E-state index in [1.54, 1.807) is 30.9 Å². The molecule has 12 atom stereocenters. The minimum absolute atomic E-state index is 0.0229. The van der Waals surface area contributed by atoms with E-state index < -0.39 is 53.9 Å². The number of ketones is 3. The molecule has 1 unspecified atom stereocenters. The lowest BCUT2D eigenvalue weighted by atomic mass is 9.72. The second kappa shape index (κ2) is 27.0. The number of nitrogens with zero attached hydrogens (tertiary/aromatic N) is 5. The third-order valence-electron chi connectivity index (χ3n) is 14.9. The van der Waals surface area contributed by atoms with Crippen LogP contribution in [0.1, 0.15) is 104 Å². The summed E-state index contributed by atoms with van der Waals surface area (Å²) in [5.41, 5.74) is 9.21. The van der Waals surface area contributed by atoms with Crippen molar-refractivity contribution in [2.75, 3.05) is 60.8 Å². The minimum Gasteiger partial charge on any atom is -0.481 e. The molecule has 4 rings (SSSR count). The first kappa shape index (κ1) is 54.4. The largest absolute Gasteiger partial charge is 0.481 e. The van der Waals surface area contributed by atoms with Gasteiger partial charge in [-0.1, -0.05) is 76.5 Å². The molecule has 2 amide bonds. The summed E-state index contributed by atoms with van der Waals surface area (Å²) in [6, 6.07) is 8.32. The van der Waals surface area contributed by atoms with Crippen molar-refractivity contribution in [2.45, 2.75) is 130 Å². The van der Waals surface area contributed by atoms with Crippen molar-refractivity contribution in [3.05, 3.63) is 46.3 Å². The summed E-state index contributed by atoms with van der Waals surface area (Å²) in [4.78, 5) is 89.2. The smallest absolute Gasteiger partial charge is 0.307 e. The van der Waals surface area contributed by atoms with Gasteiger partial charge in [0.05, 0.1) is 63.1 Å². The zero-order valence-electron chi connectivity index (χ0n) is 40.7. The molecule has 1 aromatic rings. The maximum Gasteiger partial charge on any atom is 0.307 e. The fourth-order valence-electron chi connectivity index (χ4n) is 11.2. The fourth-order valence-corrected chi connectivity index (χ4v) is 11.2. The Bertz CT molecular complexity index is 1810. The second-order valence-corrected chi connectivity index (χ2v) is 19.3. The Kier molecular flexibility index (Phi) is 22.2. The number of hydrogen-bond donors (Lipinski definition) is 1. The van der Waals surface area contributed by atoms with Crippen LogP contribution < -0.4 is 0 Å². The first-order valence-corrected chi connectivity index (χ1v) is 24.2. The lowest BCUT2D eigenvalue weighted by Gasteiger charge is -2.41. The molecular weight excluding hydrogens is 847 g/mol. The van der Waals surface area contributed by atoms with Crippen molar-refractivity contribution in [3.8, 4) is 0 Å². The number of fused-ring (bicyclic) bond motifs is 2. The van der Waals surface area contributed by atoms with Gasteiger partial charge in [0.2, 0.25) is 11.8 Å². The molecule has 2 saturated carbocycles. The zero-order valence-corrected chi connectivity index (χ0v) is 40.7. The van der Waals surface area contributed by atoms with Gasteiger partial charge >= 0.3 is 5.97 Å². The number of carbonyl (C=O) groups excluding carboxylic acids is 5. The molecule has 1 heterocycles. The van der Waals surface area contributed by atoms with E-state index in [0.29, 0.717) is 45.6 Å². The molecule has 16 nitrogen and oxygen atoms in total. The van der Waals surface area contributed by atoms with Gasteiger partial charge in [-0.3, -0.25) is 28.8 Å². The normalized spacial score (nSPS) is 23.3. The van der Waals surface area contributed by atoms with E-state index in [1.807, 2.05) is 58.0 Å². The number of amides is 2. The van der Waals surface area contributed by atoms with Crippen molar-refractivity contribution >= 4 is 35.1 Å². The quantitative estimate of drug-likeness (QED) is 0.0346. The van der Waals surface area contributed by atoms with Gasteiger partial charge in [0.15, 0.2) is 0 Å². The Morgan fingerprint density at radius 2 is 1.53 bits per heavy atom. The van der Waals surface area contributed by atoms with Gasteiger partial charge < -0.3 is 33.9 Å². The molecule has 0 spiro atoms. The van der Waals surface area contributed by atoms with E-state index in [-0.39, 0.29) is 104 Å². The lowest BCUT2D eigenvalue weighted by molar-refractivity contribution is -0.150. The zero-order chi connectivity index (χ0) is 48.5. The number of likely N-dealkylation sites (N-methyl/N-ethyl adjacent to an activating group) is 1. The Morgan fingerprint density at radius 3 is 2.12 bits per heavy atom. The molecule has 368 valence electrons. The van der Waals surface area contributed by atoms with Crippen LogP contribution in [0.5, 0.6) is 0 Å². The van der Waals surface area contributed by atoms with Crippen molar-refractivity contribution in [3.63, 3.8) is 0 Å². The molecule has 0 aromatic heterocycles. The highest BCUT2D eigenvalue weighted by Gasteiger charge is 2.53. The molecule has 2 bridgehead atoms. The molecule has 1 saturated heterocycles. The third-order valence-corrected chi connectivity index (χ3v) is 14.9. The molecule has 3 aliphatic rings. The van der Waals surface area contributed by atoms with Gasteiger partial charge in [0.25, 0.3) is 0 Å². The topological polar surface area (TPSA) is 215 Å². The van der Waals surface area contributed by atoms with Crippen LogP contribution in [0.3, 0.4) is 0 Å². The summed E-state index contributed by atoms with van der Waals surface area (Å²) < 4.78 is 23.1. The Hall–Kier alpha value is -4.21. The van der Waals surface area contributed by atoms with E-state index >= 15 is 0 Å². The molecule has 1 aromatic carbocycles. The number of carboxylic acid groups (broad SMARTS) is 1. The number of Topliss-reactive ketones (excluding diaryl/α,β-unsaturated/α-hetero) is 3. The highest BCUT2D eigenvalue weighted by atomic mass is 16.5. The maximum atomic E-state index is 14.7. The summed E-state index contributed by atoms with van der Waals surface area (Å²) in [7, 11) is 4.80. The Balaban J connectivity index is 1.42. The van der Waals surface area contributed by atoms with Crippen LogP contribution in [-0.4, -0.2) is 135 Å². The monoisotopic (exact) mass is 924 g/mol. The third kappa shape index (κ3) is 14.4. The van der Waals surface area contributed by atoms with Crippen molar-refractivity contribution in [2.24, 2.45) is 58.4 Å². The van der Waals surface area contributed by atoms with E-state index in [1.165, 1.54) is 7.11 Å². The molecule has 0 radical (unpaired) electrons. The first-order valence-electron chi connectivity index (χ1n) is 24.2. The van der Waals surface area contributed by atoms with Gasteiger partial charge in [0.1, 0.15) is 17.3 Å². The predicted octanol–water partition coefficient (Wildman–Crippen LogP) is 7.01. The van der Waals surface area contributed by atoms with E-state index in [9.17, 15) is 33.9 Å². The molecule has 16 heteroatoms. The van der Waals surface area contributed by atoms with Gasteiger partial charge in [-0.2, -0.15) is 0 Å². The highest BCUT2D eigenvalue weighted by Crippen LogP contribution is 2.54. The number of likely N-dealkylation sites (tertiary alicyclic amines) is 1. The summed E-state index contributed by atoms with van der Waals surface area (Å²) in [5, 5.41) is 13.4. The van der Waals surface area contributed by atoms with Crippen LogP contribution in [-0.2, 0) is 54.1 Å². The van der Waals surface area contributed by atoms with E-state index in [2.05, 4.69) is 10.0 Å². The van der Waals surface area contributed by atoms with Crippen LogP contribution in [0.15, 0.2) is 35.4 Å². The number of ether oxygens (including phenoxy) is 4.